The normalized spacial score (nSPS) is 10.8. The molecule has 1 N–H and O–H groups in total. The van der Waals surface area contributed by atoms with Crippen LogP contribution in [0.1, 0.15) is 32.1 Å². The maximum absolute atomic E-state index is 12.5. The maximum atomic E-state index is 12.5. The number of likely N-dealkylation sites (N-methyl/N-ethyl adjacent to an activating group) is 1. The van der Waals surface area contributed by atoms with Crippen LogP contribution in [0.4, 0.5) is 0 Å². The molecule has 25 heavy (non-hydrogen) atoms. The van der Waals surface area contributed by atoms with Gasteiger partial charge in [0.15, 0.2) is 5.78 Å². The lowest BCUT2D eigenvalue weighted by Gasteiger charge is -2.16. The number of aromatic nitrogens is 1. The lowest BCUT2D eigenvalue weighted by atomic mass is 10.1. The number of benzene rings is 1. The van der Waals surface area contributed by atoms with Crippen LogP contribution in [0.5, 0.6) is 5.75 Å². The van der Waals surface area contributed by atoms with Gasteiger partial charge in [-0.05, 0) is 38.6 Å². The Morgan fingerprint density at radius 1 is 1.16 bits per heavy atom. The van der Waals surface area contributed by atoms with E-state index in [1.807, 2.05) is 42.3 Å². The van der Waals surface area contributed by atoms with Gasteiger partial charge in [0.05, 0.1) is 24.9 Å². The van der Waals surface area contributed by atoms with Crippen molar-refractivity contribution in [2.24, 2.45) is 0 Å². The van der Waals surface area contributed by atoms with Crippen LogP contribution in [-0.2, 0) is 4.74 Å². The number of hydrogen-bond acceptors (Lipinski definition) is 5. The fourth-order valence-electron chi connectivity index (χ4n) is 2.68. The van der Waals surface area contributed by atoms with E-state index in [4.69, 9.17) is 9.47 Å². The van der Waals surface area contributed by atoms with Crippen molar-refractivity contribution < 1.29 is 19.1 Å². The molecule has 0 spiro atoms. The van der Waals surface area contributed by atoms with Gasteiger partial charge in [-0.2, -0.15) is 0 Å². The van der Waals surface area contributed by atoms with Crippen LogP contribution in [-0.4, -0.2) is 55.5 Å². The highest BCUT2D eigenvalue weighted by Gasteiger charge is 2.22. The first-order valence-corrected chi connectivity index (χ1v) is 8.11. The van der Waals surface area contributed by atoms with Crippen molar-refractivity contribution in [3.05, 3.63) is 52.8 Å². The number of hydrogen-bond donors (Lipinski definition) is 1. The number of ketones is 1. The molecule has 1 heterocycles. The second-order valence-electron chi connectivity index (χ2n) is 5.94. The molecule has 0 fully saturated rings. The summed E-state index contributed by atoms with van der Waals surface area (Å²) in [4.78, 5) is 29.2. The van der Waals surface area contributed by atoms with Gasteiger partial charge in [0.25, 0.3) is 0 Å². The number of ether oxygens (including phenoxy) is 2. The summed E-state index contributed by atoms with van der Waals surface area (Å²) in [6.07, 6.45) is 0. The van der Waals surface area contributed by atoms with Crippen molar-refractivity contribution in [3.63, 3.8) is 0 Å². The van der Waals surface area contributed by atoms with Gasteiger partial charge in [-0.15, -0.1) is 0 Å². The van der Waals surface area contributed by atoms with Gasteiger partial charge in [0.1, 0.15) is 12.4 Å². The van der Waals surface area contributed by atoms with Gasteiger partial charge >= 0.3 is 5.97 Å². The van der Waals surface area contributed by atoms with E-state index in [2.05, 4.69) is 4.98 Å². The summed E-state index contributed by atoms with van der Waals surface area (Å²) in [5.74, 6) is 0.300. The molecule has 1 aromatic heterocycles. The Morgan fingerprint density at radius 2 is 1.84 bits per heavy atom. The zero-order valence-corrected chi connectivity index (χ0v) is 15.1. The molecule has 0 aliphatic rings. The van der Waals surface area contributed by atoms with E-state index < -0.39 is 5.97 Å². The zero-order chi connectivity index (χ0) is 18.4. The minimum atomic E-state index is -0.435. The number of H-pyrrole nitrogens is 1. The molecular formula is C19H24N2O4. The molecule has 0 radical (unpaired) electrons. The molecule has 6 heteroatoms. The Morgan fingerprint density at radius 3 is 2.48 bits per heavy atom. The molecule has 0 bridgehead atoms. The van der Waals surface area contributed by atoms with E-state index in [-0.39, 0.29) is 12.3 Å². The summed E-state index contributed by atoms with van der Waals surface area (Å²) in [7, 11) is 3.19. The molecule has 134 valence electrons. The van der Waals surface area contributed by atoms with Gasteiger partial charge in [-0.25, -0.2) is 4.79 Å². The van der Waals surface area contributed by atoms with Crippen LogP contribution in [0.25, 0.3) is 0 Å². The molecule has 0 aliphatic heterocycles. The Kier molecular flexibility index (Phi) is 6.36. The molecule has 0 saturated heterocycles. The zero-order valence-electron chi connectivity index (χ0n) is 15.1. The Hall–Kier alpha value is -2.60. The lowest BCUT2D eigenvalue weighted by Crippen LogP contribution is -2.30. The predicted octanol–water partition coefficient (Wildman–Crippen LogP) is 2.61. The molecule has 0 saturated carbocycles. The van der Waals surface area contributed by atoms with E-state index in [0.29, 0.717) is 35.7 Å². The third-order valence-electron chi connectivity index (χ3n) is 4.00. The number of methoxy groups -OCH3 is 1. The summed E-state index contributed by atoms with van der Waals surface area (Å²) in [6, 6.07) is 9.55. The van der Waals surface area contributed by atoms with Crippen molar-refractivity contribution in [1.82, 2.24) is 9.88 Å². The predicted molar refractivity (Wildman–Crippen MR) is 95.4 cm³/mol. The van der Waals surface area contributed by atoms with Crippen LogP contribution in [0.3, 0.4) is 0 Å². The minimum absolute atomic E-state index is 0.0713. The van der Waals surface area contributed by atoms with Crippen molar-refractivity contribution in [2.75, 3.05) is 33.9 Å². The number of esters is 1. The average molecular weight is 344 g/mol. The fourth-order valence-corrected chi connectivity index (χ4v) is 2.68. The Balaban J connectivity index is 1.92. The number of rotatable bonds is 8. The summed E-state index contributed by atoms with van der Waals surface area (Å²) in [6.45, 7) is 4.85. The molecule has 0 atom stereocenters. The highest BCUT2D eigenvalue weighted by atomic mass is 16.5. The first-order valence-electron chi connectivity index (χ1n) is 8.11. The molecular weight excluding hydrogens is 320 g/mol. The molecule has 2 rings (SSSR count). The van der Waals surface area contributed by atoms with E-state index in [0.717, 1.165) is 5.75 Å². The van der Waals surface area contributed by atoms with Gasteiger partial charge < -0.3 is 14.5 Å². The monoisotopic (exact) mass is 344 g/mol. The van der Waals surface area contributed by atoms with E-state index >= 15 is 0 Å². The maximum Gasteiger partial charge on any atom is 0.339 e. The average Bonchev–Trinajstić information content (AvgIpc) is 2.90. The summed E-state index contributed by atoms with van der Waals surface area (Å²) in [5, 5.41) is 0. The smallest absolute Gasteiger partial charge is 0.339 e. The molecule has 0 amide bonds. The number of nitrogens with one attached hydrogen (secondary N) is 1. The van der Waals surface area contributed by atoms with E-state index in [1.165, 1.54) is 7.11 Å². The summed E-state index contributed by atoms with van der Waals surface area (Å²) >= 11 is 0. The van der Waals surface area contributed by atoms with Crippen LogP contribution in [0, 0.1) is 13.8 Å². The van der Waals surface area contributed by atoms with Gasteiger partial charge in [-0.1, -0.05) is 18.2 Å². The summed E-state index contributed by atoms with van der Waals surface area (Å²) in [5.41, 5.74) is 2.15. The number of Topliss-reactive ketones (excluding diaryl/α,β-unsaturated/α-hetero) is 1. The number of aryl methyl sites for hydroxylation is 1. The second kappa shape index (κ2) is 8.48. The number of carbonyl (C=O) groups is 2. The van der Waals surface area contributed by atoms with Crippen molar-refractivity contribution in [1.29, 1.82) is 0 Å². The highest BCUT2D eigenvalue weighted by Crippen LogP contribution is 2.19. The van der Waals surface area contributed by atoms with Gasteiger partial charge in [-0.3, -0.25) is 9.69 Å². The largest absolute Gasteiger partial charge is 0.492 e. The standard InChI is InChI=1S/C19H24N2O4/c1-13-17(19(23)24-4)14(2)20-18(13)16(22)12-21(3)10-11-25-15-8-6-5-7-9-15/h5-9,20H,10-12H2,1-4H3. The summed E-state index contributed by atoms with van der Waals surface area (Å²) < 4.78 is 10.4. The van der Waals surface area contributed by atoms with Crippen molar-refractivity contribution >= 4 is 11.8 Å². The van der Waals surface area contributed by atoms with Crippen LogP contribution >= 0.6 is 0 Å². The highest BCUT2D eigenvalue weighted by molar-refractivity contribution is 6.02. The van der Waals surface area contributed by atoms with E-state index in [9.17, 15) is 9.59 Å². The SMILES string of the molecule is COC(=O)c1c(C)[nH]c(C(=O)CN(C)CCOc2ccccc2)c1C. The van der Waals surface area contributed by atoms with Crippen molar-refractivity contribution in [3.8, 4) is 5.75 Å². The van der Waals surface area contributed by atoms with E-state index in [1.54, 1.807) is 13.8 Å². The fraction of sp³-hybridized carbons (Fsp3) is 0.368. The third kappa shape index (κ3) is 4.70. The molecule has 1 aromatic carbocycles. The first-order chi connectivity index (χ1) is 11.9. The first kappa shape index (κ1) is 18.7. The third-order valence-corrected chi connectivity index (χ3v) is 4.00. The quantitative estimate of drug-likeness (QED) is 0.589. The molecule has 6 nitrogen and oxygen atoms in total. The minimum Gasteiger partial charge on any atom is -0.492 e. The van der Waals surface area contributed by atoms with Crippen LogP contribution in [0.2, 0.25) is 0 Å². The molecule has 0 aliphatic carbocycles. The Labute approximate surface area is 147 Å². The van der Waals surface area contributed by atoms with Crippen molar-refractivity contribution in [2.45, 2.75) is 13.8 Å². The topological polar surface area (TPSA) is 71.6 Å². The number of para-hydroxylation sites is 1. The Bertz CT molecular complexity index is 737. The van der Waals surface area contributed by atoms with Crippen LogP contribution in [0.15, 0.2) is 30.3 Å². The van der Waals surface area contributed by atoms with Gasteiger partial charge in [0.2, 0.25) is 0 Å². The second-order valence-corrected chi connectivity index (χ2v) is 5.94. The van der Waals surface area contributed by atoms with Crippen LogP contribution < -0.4 is 4.74 Å². The molecule has 2 aromatic rings. The molecule has 0 unspecified atom stereocenters. The number of nitrogens with zero attached hydrogens (tertiary/aromatic N) is 1. The number of carbonyl (C=O) groups excluding carboxylic acids is 2. The van der Waals surface area contributed by atoms with Gasteiger partial charge in [0, 0.05) is 12.2 Å². The lowest BCUT2D eigenvalue weighted by molar-refractivity contribution is 0.0599. The number of aromatic amines is 1.